The highest BCUT2D eigenvalue weighted by molar-refractivity contribution is 5.78. The highest BCUT2D eigenvalue weighted by Crippen LogP contribution is 2.34. The first-order chi connectivity index (χ1) is 12.1. The molecule has 2 saturated heterocycles. The van der Waals surface area contributed by atoms with E-state index in [-0.39, 0.29) is 23.3 Å². The van der Waals surface area contributed by atoms with Gasteiger partial charge in [-0.2, -0.15) is 0 Å². The minimum Gasteiger partial charge on any atom is -0.381 e. The summed E-state index contributed by atoms with van der Waals surface area (Å²) < 4.78 is 5.54. The molecule has 0 unspecified atom stereocenters. The molecular weight excluding hydrogens is 318 g/mol. The summed E-state index contributed by atoms with van der Waals surface area (Å²) in [6.45, 7) is 3.21. The molecule has 2 heterocycles. The topological polar surface area (TPSA) is 84.7 Å². The van der Waals surface area contributed by atoms with Crippen molar-refractivity contribution in [3.05, 3.63) is 35.9 Å². The Morgan fingerprint density at radius 3 is 2.40 bits per heavy atom. The van der Waals surface area contributed by atoms with Crippen LogP contribution in [0.1, 0.15) is 31.2 Å². The molecular formula is C19H27N3O3. The van der Waals surface area contributed by atoms with Crippen molar-refractivity contribution in [2.75, 3.05) is 32.8 Å². The number of piperidine rings is 1. The van der Waals surface area contributed by atoms with Gasteiger partial charge >= 0.3 is 6.03 Å². The largest absolute Gasteiger partial charge is 0.381 e. The van der Waals surface area contributed by atoms with Gasteiger partial charge in [0.15, 0.2) is 0 Å². The van der Waals surface area contributed by atoms with Gasteiger partial charge in [-0.15, -0.1) is 0 Å². The molecule has 136 valence electrons. The second-order valence-electron chi connectivity index (χ2n) is 7.08. The Bertz CT molecular complexity index is 591. The lowest BCUT2D eigenvalue weighted by molar-refractivity contribution is -0.123. The number of carbonyl (C=O) groups excluding carboxylic acids is 2. The molecule has 6 nitrogen and oxygen atoms in total. The van der Waals surface area contributed by atoms with Crippen molar-refractivity contribution < 1.29 is 14.3 Å². The minimum absolute atomic E-state index is 0.0512. The van der Waals surface area contributed by atoms with Crippen molar-refractivity contribution in [1.29, 1.82) is 0 Å². The van der Waals surface area contributed by atoms with Gasteiger partial charge in [-0.3, -0.25) is 4.79 Å². The molecule has 3 N–H and O–H groups in total. The standard InChI is InChI=1S/C19H27N3O3/c20-17(23)15-6-10-22(11-7-15)18(24)21-14-19(8-12-25-13-9-19)16-4-2-1-3-5-16/h1-5,15H,6-14H2,(H2,20,23)(H,21,24). The molecule has 0 saturated carbocycles. The van der Waals surface area contributed by atoms with E-state index in [4.69, 9.17) is 10.5 Å². The van der Waals surface area contributed by atoms with Gasteiger partial charge < -0.3 is 20.7 Å². The summed E-state index contributed by atoms with van der Waals surface area (Å²) >= 11 is 0. The second kappa shape index (κ2) is 7.87. The van der Waals surface area contributed by atoms with E-state index in [0.717, 1.165) is 26.1 Å². The number of nitrogens with two attached hydrogens (primary N) is 1. The first-order valence-corrected chi connectivity index (χ1v) is 9.06. The summed E-state index contributed by atoms with van der Waals surface area (Å²) in [5.41, 5.74) is 6.54. The molecule has 2 fully saturated rings. The molecule has 2 aliphatic rings. The van der Waals surface area contributed by atoms with Gasteiger partial charge in [-0.05, 0) is 31.2 Å². The molecule has 2 aliphatic heterocycles. The number of nitrogens with one attached hydrogen (secondary N) is 1. The lowest BCUT2D eigenvalue weighted by atomic mass is 9.74. The third-order valence-electron chi connectivity index (χ3n) is 5.60. The monoisotopic (exact) mass is 345 g/mol. The number of amides is 3. The van der Waals surface area contributed by atoms with E-state index in [0.29, 0.717) is 32.5 Å². The fourth-order valence-electron chi connectivity index (χ4n) is 3.85. The molecule has 3 amide bonds. The lowest BCUT2D eigenvalue weighted by Gasteiger charge is -2.39. The Balaban J connectivity index is 1.60. The van der Waals surface area contributed by atoms with Crippen molar-refractivity contribution in [2.45, 2.75) is 31.1 Å². The van der Waals surface area contributed by atoms with E-state index < -0.39 is 0 Å². The van der Waals surface area contributed by atoms with Gasteiger partial charge in [0.2, 0.25) is 5.91 Å². The average molecular weight is 345 g/mol. The zero-order valence-corrected chi connectivity index (χ0v) is 14.6. The van der Waals surface area contributed by atoms with Crippen LogP contribution in [-0.4, -0.2) is 49.7 Å². The van der Waals surface area contributed by atoms with Crippen molar-refractivity contribution >= 4 is 11.9 Å². The average Bonchev–Trinajstić information content (AvgIpc) is 2.67. The summed E-state index contributed by atoms with van der Waals surface area (Å²) in [7, 11) is 0. The van der Waals surface area contributed by atoms with E-state index in [2.05, 4.69) is 17.4 Å². The Morgan fingerprint density at radius 1 is 1.16 bits per heavy atom. The van der Waals surface area contributed by atoms with Crippen molar-refractivity contribution in [2.24, 2.45) is 11.7 Å². The molecule has 3 rings (SSSR count). The Hall–Kier alpha value is -2.08. The van der Waals surface area contributed by atoms with Crippen molar-refractivity contribution in [3.8, 4) is 0 Å². The van der Waals surface area contributed by atoms with E-state index in [1.165, 1.54) is 5.56 Å². The summed E-state index contributed by atoms with van der Waals surface area (Å²) in [5, 5.41) is 3.12. The van der Waals surface area contributed by atoms with Crippen LogP contribution in [0.25, 0.3) is 0 Å². The number of ether oxygens (including phenoxy) is 1. The van der Waals surface area contributed by atoms with Crippen LogP contribution in [0.3, 0.4) is 0 Å². The quantitative estimate of drug-likeness (QED) is 0.870. The highest BCUT2D eigenvalue weighted by atomic mass is 16.5. The summed E-state index contributed by atoms with van der Waals surface area (Å²) in [6, 6.07) is 10.3. The predicted octanol–water partition coefficient (Wildman–Crippen LogP) is 1.64. The summed E-state index contributed by atoms with van der Waals surface area (Å²) in [5.74, 6) is -0.361. The number of primary amides is 1. The normalized spacial score (nSPS) is 20.9. The Kier molecular flexibility index (Phi) is 5.58. The van der Waals surface area contributed by atoms with Gasteiger partial charge in [-0.25, -0.2) is 4.79 Å². The summed E-state index contributed by atoms with van der Waals surface area (Å²) in [4.78, 5) is 25.6. The van der Waals surface area contributed by atoms with Crippen LogP contribution in [0, 0.1) is 5.92 Å². The molecule has 0 radical (unpaired) electrons. The SMILES string of the molecule is NC(=O)C1CCN(C(=O)NCC2(c3ccccc3)CCOCC2)CC1. The zero-order valence-electron chi connectivity index (χ0n) is 14.6. The van der Waals surface area contributed by atoms with Gasteiger partial charge in [0.05, 0.1) is 0 Å². The van der Waals surface area contributed by atoms with Crippen LogP contribution in [0.2, 0.25) is 0 Å². The number of likely N-dealkylation sites (tertiary alicyclic amines) is 1. The first kappa shape index (κ1) is 17.7. The van der Waals surface area contributed by atoms with Crippen molar-refractivity contribution in [3.63, 3.8) is 0 Å². The number of nitrogens with zero attached hydrogens (tertiary/aromatic N) is 1. The van der Waals surface area contributed by atoms with Crippen molar-refractivity contribution in [1.82, 2.24) is 10.2 Å². The fraction of sp³-hybridized carbons (Fsp3) is 0.579. The number of hydrogen-bond acceptors (Lipinski definition) is 3. The molecule has 0 atom stereocenters. The van der Waals surface area contributed by atoms with Crippen LogP contribution >= 0.6 is 0 Å². The van der Waals surface area contributed by atoms with Crippen LogP contribution < -0.4 is 11.1 Å². The van der Waals surface area contributed by atoms with Crippen LogP contribution in [0.15, 0.2) is 30.3 Å². The number of hydrogen-bond donors (Lipinski definition) is 2. The maximum absolute atomic E-state index is 12.6. The van der Waals surface area contributed by atoms with E-state index in [9.17, 15) is 9.59 Å². The highest BCUT2D eigenvalue weighted by Gasteiger charge is 2.35. The van der Waals surface area contributed by atoms with Gasteiger partial charge in [-0.1, -0.05) is 30.3 Å². The maximum atomic E-state index is 12.6. The van der Waals surface area contributed by atoms with Gasteiger partial charge in [0, 0.05) is 44.2 Å². The lowest BCUT2D eigenvalue weighted by Crippen LogP contribution is -2.50. The smallest absolute Gasteiger partial charge is 0.317 e. The number of benzene rings is 1. The molecule has 0 spiro atoms. The van der Waals surface area contributed by atoms with Gasteiger partial charge in [0.25, 0.3) is 0 Å². The third kappa shape index (κ3) is 4.12. The van der Waals surface area contributed by atoms with E-state index in [1.807, 2.05) is 18.2 Å². The first-order valence-electron chi connectivity index (χ1n) is 9.06. The molecule has 1 aromatic carbocycles. The maximum Gasteiger partial charge on any atom is 0.317 e. The predicted molar refractivity (Wildman–Crippen MR) is 95.1 cm³/mol. The van der Waals surface area contributed by atoms with E-state index in [1.54, 1.807) is 4.90 Å². The molecule has 1 aromatic rings. The van der Waals surface area contributed by atoms with Crippen LogP contribution in [-0.2, 0) is 14.9 Å². The second-order valence-corrected chi connectivity index (χ2v) is 7.08. The number of urea groups is 1. The third-order valence-corrected chi connectivity index (χ3v) is 5.60. The molecule has 0 aliphatic carbocycles. The number of carbonyl (C=O) groups is 2. The van der Waals surface area contributed by atoms with Gasteiger partial charge in [0.1, 0.15) is 0 Å². The summed E-state index contributed by atoms with van der Waals surface area (Å²) in [6.07, 6.45) is 3.11. The minimum atomic E-state index is -0.259. The fourth-order valence-corrected chi connectivity index (χ4v) is 3.85. The molecule has 0 aromatic heterocycles. The molecule has 25 heavy (non-hydrogen) atoms. The Labute approximate surface area is 148 Å². The number of rotatable bonds is 4. The molecule has 0 bridgehead atoms. The Morgan fingerprint density at radius 2 is 1.80 bits per heavy atom. The van der Waals surface area contributed by atoms with Crippen LogP contribution in [0.5, 0.6) is 0 Å². The zero-order chi connectivity index (χ0) is 17.7. The van der Waals surface area contributed by atoms with Crippen LogP contribution in [0.4, 0.5) is 4.79 Å². The molecule has 6 heteroatoms. The van der Waals surface area contributed by atoms with E-state index >= 15 is 0 Å².